The Morgan fingerprint density at radius 1 is 0.635 bits per heavy atom. The minimum atomic E-state index is -1.17. The number of benzene rings is 3. The second-order valence-corrected chi connectivity index (χ2v) is 22.5. The first kappa shape index (κ1) is 55.7. The summed E-state index contributed by atoms with van der Waals surface area (Å²) < 4.78 is 1.46. The molecule has 4 fully saturated rings. The van der Waals surface area contributed by atoms with E-state index in [1.54, 1.807) is 66.8 Å². The van der Waals surface area contributed by atoms with Gasteiger partial charge in [-0.3, -0.25) is 33.6 Å². The molecule has 23 nitrogen and oxygen atoms in total. The first-order valence-electron chi connectivity index (χ1n) is 29.0. The monoisotopic (exact) mass is 1150 g/mol. The predicted octanol–water partition coefficient (Wildman–Crippen LogP) is 4.09. The average Bonchev–Trinajstić information content (AvgIpc) is 3.11. The van der Waals surface area contributed by atoms with Crippen LogP contribution in [0.5, 0.6) is 0 Å². The van der Waals surface area contributed by atoms with Crippen LogP contribution in [0.25, 0.3) is 38.9 Å². The highest BCUT2D eigenvalue weighted by molar-refractivity contribution is 6.01. The van der Waals surface area contributed by atoms with Gasteiger partial charge in [0.25, 0.3) is 5.91 Å². The number of pyridine rings is 2. The molecule has 8 heterocycles. The maximum Gasteiger partial charge on any atom is 0.347 e. The van der Waals surface area contributed by atoms with E-state index in [1.807, 2.05) is 60.7 Å². The number of amides is 7. The minimum Gasteiger partial charge on any atom is -0.348 e. The van der Waals surface area contributed by atoms with Crippen molar-refractivity contribution in [3.05, 3.63) is 161 Å². The van der Waals surface area contributed by atoms with E-state index in [-0.39, 0.29) is 50.5 Å². The second kappa shape index (κ2) is 23.8. The van der Waals surface area contributed by atoms with Crippen molar-refractivity contribution in [3.63, 3.8) is 0 Å². The van der Waals surface area contributed by atoms with Gasteiger partial charge in [0.05, 0.1) is 29.4 Å². The molecule has 3 saturated heterocycles. The van der Waals surface area contributed by atoms with E-state index in [0.717, 1.165) is 39.8 Å². The predicted molar refractivity (Wildman–Crippen MR) is 312 cm³/mol. The van der Waals surface area contributed by atoms with Crippen molar-refractivity contribution in [3.8, 4) is 22.4 Å². The lowest BCUT2D eigenvalue weighted by Gasteiger charge is -2.44. The molecule has 1 aliphatic carbocycles. The number of fused-ring (bicyclic) bond motifs is 3. The molecular weight excluding hydrogens is 1080 g/mol. The van der Waals surface area contributed by atoms with Gasteiger partial charge in [-0.05, 0) is 100 Å². The van der Waals surface area contributed by atoms with Crippen molar-refractivity contribution >= 4 is 57.9 Å². The van der Waals surface area contributed by atoms with Crippen molar-refractivity contribution in [1.29, 1.82) is 0 Å². The fourth-order valence-corrected chi connectivity index (χ4v) is 12.6. The number of carbonyl (C=O) groups is 7. The summed E-state index contributed by atoms with van der Waals surface area (Å²) in [6, 6.07) is 24.3. The summed E-state index contributed by atoms with van der Waals surface area (Å²) in [4.78, 5) is 136. The smallest absolute Gasteiger partial charge is 0.347 e. The number of nitrogens with one attached hydrogen (secondary N) is 7. The fourth-order valence-electron chi connectivity index (χ4n) is 12.6. The first-order valence-corrected chi connectivity index (χ1v) is 29.0. The van der Waals surface area contributed by atoms with Gasteiger partial charge in [-0.1, -0.05) is 72.8 Å². The summed E-state index contributed by atoms with van der Waals surface area (Å²) >= 11 is 0. The third-order valence-electron chi connectivity index (χ3n) is 17.2. The number of aromatic amines is 3. The van der Waals surface area contributed by atoms with E-state index < -0.39 is 77.2 Å². The molecule has 0 bridgehead atoms. The van der Waals surface area contributed by atoms with Crippen LogP contribution in [0, 0.1) is 0 Å². The van der Waals surface area contributed by atoms with E-state index in [9.17, 15) is 38.4 Å². The number of imidazole rings is 2. The van der Waals surface area contributed by atoms with E-state index in [4.69, 9.17) is 4.98 Å². The summed E-state index contributed by atoms with van der Waals surface area (Å²) in [6.07, 6.45) is 12.6. The third-order valence-corrected chi connectivity index (χ3v) is 17.2. The fraction of sp³-hybridized carbons (Fsp3) is 0.355. The Hall–Kier alpha value is -9.80. The summed E-state index contributed by atoms with van der Waals surface area (Å²) in [5.74, 6) is -3.24. The molecule has 3 aromatic carbocycles. The molecule has 3 aliphatic heterocycles. The summed E-state index contributed by atoms with van der Waals surface area (Å²) in [5.41, 5.74) is 5.95. The van der Waals surface area contributed by atoms with Gasteiger partial charge in [-0.15, -0.1) is 0 Å². The zero-order valence-corrected chi connectivity index (χ0v) is 46.8. The number of carbonyl (C=O) groups excluding carboxylic acids is 7. The number of likely N-dealkylation sites (tertiary alicyclic amines) is 3. The lowest BCUT2D eigenvalue weighted by molar-refractivity contribution is -0.145. The Labute approximate surface area is 487 Å². The lowest BCUT2D eigenvalue weighted by Crippen LogP contribution is -2.60. The SMILES string of the molecule is C[C@@H](NC(=O)c1ccccc1)C(=O)N1CCC[C@H]1C(=O)N[C@@H](Cc1cnc[nH]1)C(=O)N1CCC[C@H]1C(=O)N[C@@H](Cc1cnc[nH]1)C(=O)N1CCC[C@H]1C(=O)NC1(c2ccc(-c3nc4ccn5c(=O)[nH]nc5c4cc3-c3ccccc3)cc2)CCC1. The molecule has 12 rings (SSSR count). The number of rotatable bonds is 18. The van der Waals surface area contributed by atoms with Gasteiger partial charge in [-0.2, -0.15) is 5.10 Å². The van der Waals surface area contributed by atoms with Gasteiger partial charge in [0, 0.05) is 84.5 Å². The zero-order chi connectivity index (χ0) is 58.8. The van der Waals surface area contributed by atoms with Crippen molar-refractivity contribution in [2.45, 2.75) is 119 Å². The molecule has 7 amide bonds. The number of nitrogens with zero attached hydrogens (tertiary/aromatic N) is 8. The second-order valence-electron chi connectivity index (χ2n) is 22.5. The van der Waals surface area contributed by atoms with Crippen molar-refractivity contribution < 1.29 is 33.6 Å². The largest absolute Gasteiger partial charge is 0.348 e. The molecule has 1 saturated carbocycles. The average molecular weight is 1150 g/mol. The van der Waals surface area contributed by atoms with Crippen LogP contribution in [0.3, 0.4) is 0 Å². The highest BCUT2D eigenvalue weighted by atomic mass is 16.2. The van der Waals surface area contributed by atoms with Crippen LogP contribution in [-0.2, 0) is 47.1 Å². The molecule has 7 N–H and O–H groups in total. The first-order chi connectivity index (χ1) is 41.3. The van der Waals surface area contributed by atoms with Crippen LogP contribution < -0.4 is 27.0 Å². The van der Waals surface area contributed by atoms with E-state index in [0.29, 0.717) is 73.1 Å². The summed E-state index contributed by atoms with van der Waals surface area (Å²) in [6.45, 7) is 2.33. The van der Waals surface area contributed by atoms with E-state index in [2.05, 4.69) is 51.4 Å². The van der Waals surface area contributed by atoms with Gasteiger partial charge in [0.15, 0.2) is 5.65 Å². The van der Waals surface area contributed by atoms with E-state index >= 15 is 0 Å². The quantitative estimate of drug-likeness (QED) is 0.0640. The molecule has 85 heavy (non-hydrogen) atoms. The van der Waals surface area contributed by atoms with Crippen LogP contribution in [0.2, 0.25) is 0 Å². The highest BCUT2D eigenvalue weighted by Crippen LogP contribution is 2.43. The number of H-pyrrole nitrogens is 3. The molecule has 436 valence electrons. The molecule has 0 radical (unpaired) electrons. The summed E-state index contributed by atoms with van der Waals surface area (Å²) in [5, 5.41) is 19.5. The Morgan fingerprint density at radius 2 is 1.19 bits per heavy atom. The topological polar surface area (TPSA) is 298 Å². The third kappa shape index (κ3) is 11.3. The van der Waals surface area contributed by atoms with Gasteiger partial charge in [-0.25, -0.2) is 29.2 Å². The Balaban J connectivity index is 0.733. The Bertz CT molecular complexity index is 3850. The van der Waals surface area contributed by atoms with Gasteiger partial charge in [0.1, 0.15) is 36.3 Å². The minimum absolute atomic E-state index is 0.00584. The zero-order valence-electron chi connectivity index (χ0n) is 46.8. The van der Waals surface area contributed by atoms with Crippen LogP contribution in [-0.4, -0.2) is 151 Å². The Morgan fingerprint density at radius 3 is 1.73 bits per heavy atom. The number of hydrogen-bond acceptors (Lipinski definition) is 12. The Kier molecular flexibility index (Phi) is 15.6. The molecule has 0 spiro atoms. The molecule has 8 aromatic rings. The highest BCUT2D eigenvalue weighted by Gasteiger charge is 2.46. The number of aromatic nitrogens is 8. The molecule has 0 unspecified atom stereocenters. The molecule has 4 aliphatic rings. The van der Waals surface area contributed by atoms with Crippen LogP contribution >= 0.6 is 0 Å². The molecular formula is C62H65N15O8. The number of hydrogen-bond donors (Lipinski definition) is 7. The molecule has 23 heteroatoms. The molecule has 6 atom stereocenters. The lowest BCUT2D eigenvalue weighted by atomic mass is 9.71. The van der Waals surface area contributed by atoms with Crippen LogP contribution in [0.1, 0.15) is 92.0 Å². The van der Waals surface area contributed by atoms with E-state index in [1.165, 1.54) is 26.9 Å². The van der Waals surface area contributed by atoms with Crippen molar-refractivity contribution in [1.82, 2.24) is 75.5 Å². The van der Waals surface area contributed by atoms with Gasteiger partial charge in [0.2, 0.25) is 35.4 Å². The van der Waals surface area contributed by atoms with Crippen molar-refractivity contribution in [2.75, 3.05) is 19.6 Å². The summed E-state index contributed by atoms with van der Waals surface area (Å²) in [7, 11) is 0. The van der Waals surface area contributed by atoms with Crippen LogP contribution in [0.15, 0.2) is 133 Å². The molecule has 5 aromatic heterocycles. The van der Waals surface area contributed by atoms with Crippen LogP contribution in [0.4, 0.5) is 0 Å². The van der Waals surface area contributed by atoms with Gasteiger partial charge >= 0.3 is 5.69 Å². The standard InChI is InChI=1S/C62H65N15O8/c1-37(67-54(78)40-14-6-3-7-15-40)58(82)74-26-8-16-49(74)55(79)69-47(30-42-33-63-35-65-42)59(83)75-27-9-17-50(75)56(80)70-48(31-43-34-64-36-66-43)60(84)76-28-10-18-51(76)57(81)71-62(24-11-25-62)41-21-19-39(20-22-41)52-44(38-12-4-2-5-13-38)32-45-46(68-52)23-29-77-53(45)72-73-61(77)85/h2-7,12-15,19-23,29,32-37,47-51H,8-11,16-18,24-28,30-31H2,1H3,(H,63,65)(H,64,66)(H,67,78)(H,69,79)(H,70,80)(H,71,81)(H,73,85)/t37-,47+,48+,49+,50+,51+/m1/s1. The van der Waals surface area contributed by atoms with Crippen molar-refractivity contribution in [2.24, 2.45) is 0 Å². The van der Waals surface area contributed by atoms with Gasteiger partial charge < -0.3 is 45.9 Å². The normalized spacial score (nSPS) is 19.3. The maximum absolute atomic E-state index is 15.0. The maximum atomic E-state index is 15.0.